The van der Waals surface area contributed by atoms with Crippen LogP contribution in [0.15, 0.2) is 48.7 Å². The highest BCUT2D eigenvalue weighted by atomic mass is 19.4. The molecule has 7 heteroatoms. The number of ether oxygens (including phenoxy) is 1. The molecule has 0 fully saturated rings. The van der Waals surface area contributed by atoms with Crippen LogP contribution in [0.25, 0.3) is 6.08 Å². The predicted octanol–water partition coefficient (Wildman–Crippen LogP) is 3.47. The summed E-state index contributed by atoms with van der Waals surface area (Å²) in [7, 11) is 0. The van der Waals surface area contributed by atoms with Crippen molar-refractivity contribution in [3.63, 3.8) is 0 Å². The van der Waals surface area contributed by atoms with E-state index >= 15 is 0 Å². The molecule has 2 rings (SSSR count). The number of carbonyl (C=O) groups is 2. The van der Waals surface area contributed by atoms with Crippen molar-refractivity contribution in [3.8, 4) is 0 Å². The molecular formula is C16H12F3NO3. The summed E-state index contributed by atoms with van der Waals surface area (Å²) in [5.41, 5.74) is -0.0380. The Morgan fingerprint density at radius 2 is 1.83 bits per heavy atom. The van der Waals surface area contributed by atoms with Crippen molar-refractivity contribution in [2.24, 2.45) is 0 Å². The fourth-order valence-electron chi connectivity index (χ4n) is 1.71. The zero-order valence-electron chi connectivity index (χ0n) is 11.8. The van der Waals surface area contributed by atoms with Crippen molar-refractivity contribution >= 4 is 17.8 Å². The Hall–Kier alpha value is -2.83. The average molecular weight is 323 g/mol. The highest BCUT2D eigenvalue weighted by Gasteiger charge is 2.29. The van der Waals surface area contributed by atoms with E-state index in [-0.39, 0.29) is 5.78 Å². The quantitative estimate of drug-likeness (QED) is 0.521. The van der Waals surface area contributed by atoms with E-state index in [0.29, 0.717) is 11.3 Å². The van der Waals surface area contributed by atoms with Gasteiger partial charge >= 0.3 is 12.1 Å². The van der Waals surface area contributed by atoms with Gasteiger partial charge < -0.3 is 9.72 Å². The molecule has 1 aromatic carbocycles. The van der Waals surface area contributed by atoms with Gasteiger partial charge in [-0.3, -0.25) is 4.79 Å². The first-order valence-corrected chi connectivity index (χ1v) is 6.55. The minimum atomic E-state index is -4.40. The van der Waals surface area contributed by atoms with Crippen LogP contribution in [-0.4, -0.2) is 23.3 Å². The van der Waals surface area contributed by atoms with Crippen LogP contribution in [0.4, 0.5) is 13.2 Å². The summed E-state index contributed by atoms with van der Waals surface area (Å²) < 4.78 is 42.0. The summed E-state index contributed by atoms with van der Waals surface area (Å²) in [6.45, 7) is -0.420. The van der Waals surface area contributed by atoms with Crippen LogP contribution in [-0.2, 0) is 15.7 Å². The van der Waals surface area contributed by atoms with E-state index in [2.05, 4.69) is 4.98 Å². The Balaban J connectivity index is 1.87. The van der Waals surface area contributed by atoms with E-state index in [1.54, 1.807) is 18.3 Å². The van der Waals surface area contributed by atoms with Crippen molar-refractivity contribution in [3.05, 3.63) is 65.5 Å². The standard InChI is InChI=1S/C16H12F3NO3/c17-16(18,19)12-6-3-11(4-7-12)5-8-15(22)23-10-14(21)13-2-1-9-20-13/h1-9,20H,10H2. The van der Waals surface area contributed by atoms with Crippen molar-refractivity contribution in [1.29, 1.82) is 0 Å². The Bertz CT molecular complexity index is 701. The second kappa shape index (κ2) is 6.95. The summed E-state index contributed by atoms with van der Waals surface area (Å²) in [5.74, 6) is -1.14. The molecule has 0 aliphatic rings. The van der Waals surface area contributed by atoms with Gasteiger partial charge in [0.25, 0.3) is 0 Å². The van der Waals surface area contributed by atoms with Gasteiger partial charge in [-0.05, 0) is 35.9 Å². The van der Waals surface area contributed by atoms with Crippen LogP contribution in [0.3, 0.4) is 0 Å². The average Bonchev–Trinajstić information content (AvgIpc) is 3.04. The first kappa shape index (κ1) is 16.5. The number of hydrogen-bond donors (Lipinski definition) is 1. The second-order valence-corrected chi connectivity index (χ2v) is 4.57. The third-order valence-electron chi connectivity index (χ3n) is 2.89. The molecule has 0 aliphatic heterocycles. The zero-order chi connectivity index (χ0) is 16.9. The van der Waals surface area contributed by atoms with E-state index in [1.807, 2.05) is 0 Å². The van der Waals surface area contributed by atoms with Gasteiger partial charge in [-0.25, -0.2) is 4.79 Å². The number of halogens is 3. The number of esters is 1. The Morgan fingerprint density at radius 3 is 2.39 bits per heavy atom. The molecular weight excluding hydrogens is 311 g/mol. The largest absolute Gasteiger partial charge is 0.454 e. The predicted molar refractivity (Wildman–Crippen MR) is 76.6 cm³/mol. The molecule has 1 aromatic heterocycles. The maximum Gasteiger partial charge on any atom is 0.416 e. The number of alkyl halides is 3. The van der Waals surface area contributed by atoms with E-state index in [1.165, 1.54) is 18.2 Å². The van der Waals surface area contributed by atoms with Crippen LogP contribution in [0.5, 0.6) is 0 Å². The molecule has 0 amide bonds. The molecule has 1 N–H and O–H groups in total. The van der Waals surface area contributed by atoms with Crippen molar-refractivity contribution in [2.75, 3.05) is 6.61 Å². The first-order valence-electron chi connectivity index (χ1n) is 6.55. The second-order valence-electron chi connectivity index (χ2n) is 4.57. The van der Waals surface area contributed by atoms with Gasteiger partial charge in [-0.2, -0.15) is 13.2 Å². The van der Waals surface area contributed by atoms with Crippen molar-refractivity contribution < 1.29 is 27.5 Å². The van der Waals surface area contributed by atoms with Crippen molar-refractivity contribution in [2.45, 2.75) is 6.18 Å². The molecule has 0 bridgehead atoms. The number of benzene rings is 1. The fraction of sp³-hybridized carbons (Fsp3) is 0.125. The number of aromatic amines is 1. The molecule has 0 saturated heterocycles. The van der Waals surface area contributed by atoms with Gasteiger partial charge in [0.15, 0.2) is 6.61 Å². The topological polar surface area (TPSA) is 59.2 Å². The van der Waals surface area contributed by atoms with Crippen LogP contribution in [0.2, 0.25) is 0 Å². The number of aromatic nitrogens is 1. The minimum absolute atomic E-state index is 0.324. The molecule has 0 saturated carbocycles. The summed E-state index contributed by atoms with van der Waals surface area (Å²) in [5, 5.41) is 0. The highest BCUT2D eigenvalue weighted by molar-refractivity contribution is 5.97. The van der Waals surface area contributed by atoms with Crippen LogP contribution >= 0.6 is 0 Å². The van der Waals surface area contributed by atoms with Crippen LogP contribution < -0.4 is 0 Å². The number of hydrogen-bond acceptors (Lipinski definition) is 3. The Labute approximate surface area is 129 Å². The monoisotopic (exact) mass is 323 g/mol. The first-order chi connectivity index (χ1) is 10.9. The maximum absolute atomic E-state index is 12.4. The van der Waals surface area contributed by atoms with Gasteiger partial charge in [0, 0.05) is 12.3 Å². The lowest BCUT2D eigenvalue weighted by Gasteiger charge is -2.05. The molecule has 0 unspecified atom stereocenters. The van der Waals surface area contributed by atoms with E-state index < -0.39 is 24.3 Å². The van der Waals surface area contributed by atoms with Gasteiger partial charge in [0.05, 0.1) is 11.3 Å². The van der Waals surface area contributed by atoms with E-state index in [0.717, 1.165) is 18.2 Å². The Morgan fingerprint density at radius 1 is 1.13 bits per heavy atom. The van der Waals surface area contributed by atoms with Gasteiger partial charge in [0.2, 0.25) is 5.78 Å². The number of carbonyl (C=O) groups excluding carboxylic acids is 2. The van der Waals surface area contributed by atoms with E-state index in [9.17, 15) is 22.8 Å². The minimum Gasteiger partial charge on any atom is -0.454 e. The maximum atomic E-state index is 12.4. The molecule has 0 aliphatic carbocycles. The smallest absolute Gasteiger partial charge is 0.416 e. The Kier molecular flexibility index (Phi) is 5.00. The van der Waals surface area contributed by atoms with E-state index in [4.69, 9.17) is 4.74 Å². The summed E-state index contributed by atoms with van der Waals surface area (Å²) >= 11 is 0. The molecule has 0 spiro atoms. The van der Waals surface area contributed by atoms with Crippen molar-refractivity contribution in [1.82, 2.24) is 4.98 Å². The molecule has 120 valence electrons. The third-order valence-corrected chi connectivity index (χ3v) is 2.89. The molecule has 23 heavy (non-hydrogen) atoms. The summed E-state index contributed by atoms with van der Waals surface area (Å²) in [6.07, 6.45) is -0.481. The van der Waals surface area contributed by atoms with Gasteiger partial charge in [0.1, 0.15) is 0 Å². The summed E-state index contributed by atoms with van der Waals surface area (Å²) in [6, 6.07) is 7.49. The molecule has 2 aromatic rings. The third kappa shape index (κ3) is 4.84. The number of ketones is 1. The summed E-state index contributed by atoms with van der Waals surface area (Å²) in [4.78, 5) is 25.7. The number of Topliss-reactive ketones (excluding diaryl/α,β-unsaturated/α-hetero) is 1. The fourth-order valence-corrected chi connectivity index (χ4v) is 1.71. The van der Waals surface area contributed by atoms with Gasteiger partial charge in [-0.15, -0.1) is 0 Å². The molecule has 4 nitrogen and oxygen atoms in total. The SMILES string of the molecule is O=C(C=Cc1ccc(C(F)(F)F)cc1)OCC(=O)c1ccc[nH]1. The lowest BCUT2D eigenvalue weighted by atomic mass is 10.1. The molecule has 1 heterocycles. The molecule has 0 atom stereocenters. The van der Waals surface area contributed by atoms with Crippen LogP contribution in [0, 0.1) is 0 Å². The number of rotatable bonds is 5. The zero-order valence-corrected chi connectivity index (χ0v) is 11.8. The lowest BCUT2D eigenvalue weighted by Crippen LogP contribution is -2.12. The lowest BCUT2D eigenvalue weighted by molar-refractivity contribution is -0.138. The van der Waals surface area contributed by atoms with Crippen LogP contribution in [0.1, 0.15) is 21.6 Å². The molecule has 0 radical (unpaired) electrons. The van der Waals surface area contributed by atoms with Gasteiger partial charge in [-0.1, -0.05) is 12.1 Å². The normalized spacial score (nSPS) is 11.6. The number of nitrogens with one attached hydrogen (secondary N) is 1. The highest BCUT2D eigenvalue weighted by Crippen LogP contribution is 2.29. The number of H-pyrrole nitrogens is 1.